The normalized spacial score (nSPS) is 10.1. The number of carbonyl (C=O) groups is 1. The predicted molar refractivity (Wildman–Crippen MR) is 79.1 cm³/mol. The van der Waals surface area contributed by atoms with E-state index in [0.717, 1.165) is 5.56 Å². The number of carbonyl (C=O) groups excluding carboxylic acids is 1. The molecule has 0 aliphatic rings. The third-order valence-corrected chi connectivity index (χ3v) is 3.18. The molecule has 0 aliphatic carbocycles. The monoisotopic (exact) mass is 305 g/mol. The summed E-state index contributed by atoms with van der Waals surface area (Å²) in [5, 5.41) is 10.9. The van der Waals surface area contributed by atoms with Crippen LogP contribution in [0.25, 0.3) is 0 Å². The summed E-state index contributed by atoms with van der Waals surface area (Å²) in [5.74, 6) is 0.504. The Kier molecular flexibility index (Phi) is 4.90. The van der Waals surface area contributed by atoms with Gasteiger partial charge in [0, 0.05) is 24.1 Å². The summed E-state index contributed by atoms with van der Waals surface area (Å²) >= 11 is 5.99. The van der Waals surface area contributed by atoms with Gasteiger partial charge in [0.2, 0.25) is 0 Å². The molecule has 2 rings (SSSR count). The van der Waals surface area contributed by atoms with Crippen LogP contribution in [0.4, 0.5) is 5.69 Å². The predicted octanol–water partition coefficient (Wildman–Crippen LogP) is 3.68. The second kappa shape index (κ2) is 6.85. The molecule has 6 heteroatoms. The van der Waals surface area contributed by atoms with Crippen molar-refractivity contribution in [3.8, 4) is 5.75 Å². The third-order valence-electron chi connectivity index (χ3n) is 2.89. The quantitative estimate of drug-likeness (QED) is 0.464. The summed E-state index contributed by atoms with van der Waals surface area (Å²) in [6.45, 7) is 0.387. The van der Waals surface area contributed by atoms with Crippen LogP contribution in [0.2, 0.25) is 5.02 Å². The number of nitro groups is 1. The van der Waals surface area contributed by atoms with E-state index in [0.29, 0.717) is 35.6 Å². The standard InChI is InChI=1S/C15H12ClNO4/c16-14-9-12(10-18)3-6-15(14)21-8-7-11-1-4-13(5-2-11)17(19)20/h1-6,9-10H,7-8H2. The van der Waals surface area contributed by atoms with Crippen molar-refractivity contribution in [2.75, 3.05) is 6.61 Å². The largest absolute Gasteiger partial charge is 0.492 e. The minimum absolute atomic E-state index is 0.0622. The molecule has 2 aromatic carbocycles. The first kappa shape index (κ1) is 15.0. The van der Waals surface area contributed by atoms with Crippen molar-refractivity contribution in [1.82, 2.24) is 0 Å². The van der Waals surface area contributed by atoms with Crippen molar-refractivity contribution >= 4 is 23.6 Å². The van der Waals surface area contributed by atoms with E-state index in [1.54, 1.807) is 24.3 Å². The van der Waals surface area contributed by atoms with E-state index in [2.05, 4.69) is 0 Å². The molecule has 0 spiro atoms. The maximum Gasteiger partial charge on any atom is 0.269 e. The minimum Gasteiger partial charge on any atom is -0.492 e. The van der Waals surface area contributed by atoms with E-state index in [4.69, 9.17) is 16.3 Å². The van der Waals surface area contributed by atoms with Crippen LogP contribution < -0.4 is 4.74 Å². The maximum atomic E-state index is 10.6. The van der Waals surface area contributed by atoms with Crippen LogP contribution in [0.15, 0.2) is 42.5 Å². The fourth-order valence-electron chi connectivity index (χ4n) is 1.77. The molecule has 0 fully saturated rings. The highest BCUT2D eigenvalue weighted by Gasteiger charge is 2.05. The second-order valence-corrected chi connectivity index (χ2v) is 4.74. The number of non-ortho nitro benzene ring substituents is 1. The molecule has 5 nitrogen and oxygen atoms in total. The summed E-state index contributed by atoms with van der Waals surface area (Å²) in [6.07, 6.45) is 1.32. The molecule has 0 unspecified atom stereocenters. The lowest BCUT2D eigenvalue weighted by molar-refractivity contribution is -0.384. The molecule has 0 radical (unpaired) electrons. The molecule has 0 amide bonds. The van der Waals surface area contributed by atoms with Gasteiger partial charge in [0.25, 0.3) is 5.69 Å². The van der Waals surface area contributed by atoms with Gasteiger partial charge in [-0.15, -0.1) is 0 Å². The summed E-state index contributed by atoms with van der Waals surface area (Å²) in [7, 11) is 0. The number of nitro benzene ring substituents is 1. The van der Waals surface area contributed by atoms with Crippen LogP contribution in [0.5, 0.6) is 5.75 Å². The molecule has 0 aromatic heterocycles. The molecule has 0 N–H and O–H groups in total. The second-order valence-electron chi connectivity index (χ2n) is 4.33. The smallest absolute Gasteiger partial charge is 0.269 e. The minimum atomic E-state index is -0.436. The summed E-state index contributed by atoms with van der Waals surface area (Å²) in [4.78, 5) is 20.7. The van der Waals surface area contributed by atoms with Gasteiger partial charge in [-0.2, -0.15) is 0 Å². The first-order chi connectivity index (χ1) is 10.1. The van der Waals surface area contributed by atoms with Crippen LogP contribution in [0.3, 0.4) is 0 Å². The fourth-order valence-corrected chi connectivity index (χ4v) is 2.01. The van der Waals surface area contributed by atoms with Gasteiger partial charge in [-0.3, -0.25) is 14.9 Å². The lowest BCUT2D eigenvalue weighted by Gasteiger charge is -2.08. The highest BCUT2D eigenvalue weighted by molar-refractivity contribution is 6.32. The SMILES string of the molecule is O=Cc1ccc(OCCc2ccc([N+](=O)[O-])cc2)c(Cl)c1. The lowest BCUT2D eigenvalue weighted by atomic mass is 10.1. The lowest BCUT2D eigenvalue weighted by Crippen LogP contribution is -2.02. The molecular formula is C15H12ClNO4. The van der Waals surface area contributed by atoms with Gasteiger partial charge in [0.15, 0.2) is 0 Å². The van der Waals surface area contributed by atoms with Gasteiger partial charge < -0.3 is 4.74 Å². The Morgan fingerprint density at radius 3 is 2.48 bits per heavy atom. The molecule has 0 atom stereocenters. The summed E-state index contributed by atoms with van der Waals surface area (Å²) in [6, 6.07) is 11.1. The average molecular weight is 306 g/mol. The van der Waals surface area contributed by atoms with Crippen molar-refractivity contribution < 1.29 is 14.5 Å². The van der Waals surface area contributed by atoms with Crippen LogP contribution >= 0.6 is 11.6 Å². The first-order valence-electron chi connectivity index (χ1n) is 6.21. The van der Waals surface area contributed by atoms with Crippen LogP contribution in [-0.2, 0) is 6.42 Å². The van der Waals surface area contributed by atoms with Gasteiger partial charge in [-0.1, -0.05) is 23.7 Å². The van der Waals surface area contributed by atoms with Crippen LogP contribution in [-0.4, -0.2) is 17.8 Å². The Labute approximate surface area is 126 Å². The number of hydrogen-bond acceptors (Lipinski definition) is 4. The Hall–Kier alpha value is -2.40. The van der Waals surface area contributed by atoms with Crippen molar-refractivity contribution in [1.29, 1.82) is 0 Å². The fraction of sp³-hybridized carbons (Fsp3) is 0.133. The Bertz CT molecular complexity index is 655. The number of aldehydes is 1. The van der Waals surface area contributed by atoms with Crippen LogP contribution in [0, 0.1) is 10.1 Å². The Morgan fingerprint density at radius 1 is 1.19 bits per heavy atom. The van der Waals surface area contributed by atoms with E-state index in [1.807, 2.05) is 0 Å². The van der Waals surface area contributed by atoms with Gasteiger partial charge in [0.05, 0.1) is 16.6 Å². The summed E-state index contributed by atoms with van der Waals surface area (Å²) in [5.41, 5.74) is 1.48. The van der Waals surface area contributed by atoms with E-state index in [9.17, 15) is 14.9 Å². The zero-order valence-electron chi connectivity index (χ0n) is 11.0. The van der Waals surface area contributed by atoms with Gasteiger partial charge in [-0.25, -0.2) is 0 Å². The molecule has 108 valence electrons. The van der Waals surface area contributed by atoms with Crippen molar-refractivity contribution in [3.63, 3.8) is 0 Å². The molecule has 0 aliphatic heterocycles. The van der Waals surface area contributed by atoms with Crippen molar-refractivity contribution in [2.24, 2.45) is 0 Å². The number of ether oxygens (including phenoxy) is 1. The topological polar surface area (TPSA) is 69.4 Å². The molecule has 0 bridgehead atoms. The van der Waals surface area contributed by atoms with Crippen molar-refractivity contribution in [2.45, 2.75) is 6.42 Å². The van der Waals surface area contributed by atoms with E-state index < -0.39 is 4.92 Å². The van der Waals surface area contributed by atoms with E-state index >= 15 is 0 Å². The zero-order valence-corrected chi connectivity index (χ0v) is 11.7. The van der Waals surface area contributed by atoms with Crippen LogP contribution in [0.1, 0.15) is 15.9 Å². The number of hydrogen-bond donors (Lipinski definition) is 0. The summed E-state index contributed by atoms with van der Waals surface area (Å²) < 4.78 is 5.54. The number of rotatable bonds is 6. The van der Waals surface area contributed by atoms with Gasteiger partial charge >= 0.3 is 0 Å². The zero-order chi connectivity index (χ0) is 15.2. The average Bonchev–Trinajstić information content (AvgIpc) is 2.49. The number of nitrogens with zero attached hydrogens (tertiary/aromatic N) is 1. The van der Waals surface area contributed by atoms with Gasteiger partial charge in [-0.05, 0) is 23.8 Å². The Balaban J connectivity index is 1.92. The first-order valence-corrected chi connectivity index (χ1v) is 6.59. The molecule has 0 saturated carbocycles. The Morgan fingerprint density at radius 2 is 1.90 bits per heavy atom. The third kappa shape index (κ3) is 4.03. The van der Waals surface area contributed by atoms with Gasteiger partial charge in [0.1, 0.15) is 12.0 Å². The molecule has 0 saturated heterocycles. The number of benzene rings is 2. The highest BCUT2D eigenvalue weighted by atomic mass is 35.5. The van der Waals surface area contributed by atoms with E-state index in [-0.39, 0.29) is 5.69 Å². The molecule has 2 aromatic rings. The maximum absolute atomic E-state index is 10.6. The van der Waals surface area contributed by atoms with E-state index in [1.165, 1.54) is 18.2 Å². The molecular weight excluding hydrogens is 294 g/mol. The molecule has 0 heterocycles. The highest BCUT2D eigenvalue weighted by Crippen LogP contribution is 2.25. The number of halogens is 1. The molecule has 21 heavy (non-hydrogen) atoms. The van der Waals surface area contributed by atoms with Crippen molar-refractivity contribution in [3.05, 3.63) is 68.7 Å².